The van der Waals surface area contributed by atoms with Crippen molar-refractivity contribution >= 4 is 23.5 Å². The van der Waals surface area contributed by atoms with Crippen LogP contribution in [0.4, 0.5) is 6.01 Å². The summed E-state index contributed by atoms with van der Waals surface area (Å²) in [6.07, 6.45) is 0.721. The molecule has 2 aromatic rings. The first-order chi connectivity index (χ1) is 11.5. The molecule has 1 aromatic carbocycles. The summed E-state index contributed by atoms with van der Waals surface area (Å²) in [5, 5.41) is 8.59. The fraction of sp³-hybridized carbons (Fsp3) is 0.471. The van der Waals surface area contributed by atoms with Gasteiger partial charge < -0.3 is 14.2 Å². The van der Waals surface area contributed by atoms with Crippen molar-refractivity contribution < 1.29 is 9.21 Å². The molecule has 0 aliphatic carbocycles. The molecule has 24 heavy (non-hydrogen) atoms. The highest BCUT2D eigenvalue weighted by Crippen LogP contribution is 2.18. The Balaban J connectivity index is 1.53. The van der Waals surface area contributed by atoms with Gasteiger partial charge in [0.1, 0.15) is 0 Å². The molecule has 1 aliphatic rings. The van der Waals surface area contributed by atoms with Crippen molar-refractivity contribution in [3.8, 4) is 0 Å². The summed E-state index contributed by atoms with van der Waals surface area (Å²) >= 11 is 5.90. The highest BCUT2D eigenvalue weighted by atomic mass is 35.5. The van der Waals surface area contributed by atoms with Gasteiger partial charge in [0.25, 0.3) is 0 Å². The lowest BCUT2D eigenvalue weighted by Crippen LogP contribution is -2.50. The van der Waals surface area contributed by atoms with E-state index in [0.717, 1.165) is 12.0 Å². The van der Waals surface area contributed by atoms with Crippen LogP contribution in [0, 0.1) is 12.8 Å². The van der Waals surface area contributed by atoms with Crippen LogP contribution in [0.15, 0.2) is 28.7 Å². The molecule has 6 nitrogen and oxygen atoms in total. The number of halogens is 1. The van der Waals surface area contributed by atoms with E-state index in [4.69, 9.17) is 16.0 Å². The molecule has 7 heteroatoms. The third kappa shape index (κ3) is 3.87. The topological polar surface area (TPSA) is 62.5 Å². The predicted molar refractivity (Wildman–Crippen MR) is 92.1 cm³/mol. The molecule has 1 fully saturated rings. The Hall–Kier alpha value is -2.08. The van der Waals surface area contributed by atoms with Crippen molar-refractivity contribution in [1.82, 2.24) is 15.1 Å². The van der Waals surface area contributed by atoms with Crippen molar-refractivity contribution in [1.29, 1.82) is 0 Å². The van der Waals surface area contributed by atoms with E-state index in [2.05, 4.69) is 10.2 Å². The zero-order valence-corrected chi connectivity index (χ0v) is 14.7. The predicted octanol–water partition coefficient (Wildman–Crippen LogP) is 2.56. The normalized spacial score (nSPS) is 16.3. The van der Waals surface area contributed by atoms with E-state index in [1.807, 2.05) is 41.0 Å². The fourth-order valence-corrected chi connectivity index (χ4v) is 3.03. The fourth-order valence-electron chi connectivity index (χ4n) is 2.91. The molecule has 128 valence electrons. The first-order valence-corrected chi connectivity index (χ1v) is 8.49. The van der Waals surface area contributed by atoms with Crippen LogP contribution in [0.3, 0.4) is 0 Å². The molecule has 1 amide bonds. The lowest BCUT2D eigenvalue weighted by Gasteiger charge is -2.35. The number of rotatable bonds is 4. The number of amides is 1. The number of benzene rings is 1. The van der Waals surface area contributed by atoms with E-state index in [1.54, 1.807) is 6.92 Å². The molecule has 2 heterocycles. The average Bonchev–Trinajstić information content (AvgIpc) is 3.03. The second-order valence-electron chi connectivity index (χ2n) is 6.15. The van der Waals surface area contributed by atoms with Gasteiger partial charge in [-0.3, -0.25) is 4.79 Å². The summed E-state index contributed by atoms with van der Waals surface area (Å²) in [6, 6.07) is 8.20. The number of aryl methyl sites for hydroxylation is 1. The Morgan fingerprint density at radius 2 is 1.88 bits per heavy atom. The number of aromatic nitrogens is 2. The van der Waals surface area contributed by atoms with Crippen LogP contribution in [0.1, 0.15) is 18.4 Å². The molecule has 1 aromatic heterocycles. The third-order valence-electron chi connectivity index (χ3n) is 4.25. The second-order valence-corrected chi connectivity index (χ2v) is 6.58. The minimum atomic E-state index is -0.0524. The van der Waals surface area contributed by atoms with E-state index in [1.165, 1.54) is 0 Å². The first-order valence-electron chi connectivity index (χ1n) is 8.11. The van der Waals surface area contributed by atoms with E-state index in [9.17, 15) is 4.79 Å². The van der Waals surface area contributed by atoms with Gasteiger partial charge in [-0.2, -0.15) is 0 Å². The average molecular weight is 349 g/mol. The van der Waals surface area contributed by atoms with Crippen molar-refractivity contribution in [2.75, 3.05) is 31.1 Å². The van der Waals surface area contributed by atoms with Crippen LogP contribution in [-0.4, -0.2) is 47.2 Å². The molecule has 0 bridgehead atoms. The lowest BCUT2D eigenvalue weighted by molar-refractivity contribution is -0.135. The smallest absolute Gasteiger partial charge is 0.318 e. The SMILES string of the molecule is Cc1nnc(N2CCN(C(=O)C(C)Cc3ccc(Cl)cc3)CC2)o1. The molecular formula is C17H21ClN4O2. The first kappa shape index (κ1) is 16.8. The lowest BCUT2D eigenvalue weighted by atomic mass is 9.99. The van der Waals surface area contributed by atoms with Gasteiger partial charge in [0, 0.05) is 44.0 Å². The van der Waals surface area contributed by atoms with Gasteiger partial charge in [-0.05, 0) is 24.1 Å². The number of carbonyl (C=O) groups excluding carboxylic acids is 1. The van der Waals surface area contributed by atoms with E-state index in [-0.39, 0.29) is 11.8 Å². The highest BCUT2D eigenvalue weighted by molar-refractivity contribution is 6.30. The van der Waals surface area contributed by atoms with Crippen molar-refractivity contribution in [3.05, 3.63) is 40.7 Å². The zero-order chi connectivity index (χ0) is 17.1. The summed E-state index contributed by atoms with van der Waals surface area (Å²) in [5.41, 5.74) is 1.13. The minimum Gasteiger partial charge on any atom is -0.408 e. The van der Waals surface area contributed by atoms with Crippen molar-refractivity contribution in [2.45, 2.75) is 20.3 Å². The second kappa shape index (κ2) is 7.21. The largest absolute Gasteiger partial charge is 0.408 e. The molecule has 1 atom stereocenters. The zero-order valence-electron chi connectivity index (χ0n) is 13.9. The summed E-state index contributed by atoms with van der Waals surface area (Å²) in [5.74, 6) is 0.690. The van der Waals surface area contributed by atoms with Gasteiger partial charge in [0.05, 0.1) is 0 Å². The molecule has 3 rings (SSSR count). The maximum absolute atomic E-state index is 12.6. The Morgan fingerprint density at radius 3 is 2.46 bits per heavy atom. The van der Waals surface area contributed by atoms with Crippen LogP contribution in [0.2, 0.25) is 5.02 Å². The number of anilines is 1. The van der Waals surface area contributed by atoms with E-state index >= 15 is 0 Å². The van der Waals surface area contributed by atoms with Crippen LogP contribution in [0.5, 0.6) is 0 Å². The number of piperazine rings is 1. The summed E-state index contributed by atoms with van der Waals surface area (Å²) in [4.78, 5) is 16.6. The maximum Gasteiger partial charge on any atom is 0.318 e. The van der Waals surface area contributed by atoms with Crippen molar-refractivity contribution in [2.24, 2.45) is 5.92 Å². The minimum absolute atomic E-state index is 0.0524. The highest BCUT2D eigenvalue weighted by Gasteiger charge is 2.26. The molecule has 1 unspecified atom stereocenters. The van der Waals surface area contributed by atoms with E-state index in [0.29, 0.717) is 43.1 Å². The van der Waals surface area contributed by atoms with Gasteiger partial charge in [-0.15, -0.1) is 5.10 Å². The monoisotopic (exact) mass is 348 g/mol. The Morgan fingerprint density at radius 1 is 1.21 bits per heavy atom. The van der Waals surface area contributed by atoms with Gasteiger partial charge in [0.15, 0.2) is 0 Å². The quantitative estimate of drug-likeness (QED) is 0.849. The maximum atomic E-state index is 12.6. The third-order valence-corrected chi connectivity index (χ3v) is 4.51. The standard InChI is InChI=1S/C17H21ClN4O2/c1-12(11-14-3-5-15(18)6-4-14)16(23)21-7-9-22(10-8-21)17-20-19-13(2)24-17/h3-6,12H,7-11H2,1-2H3. The van der Waals surface area contributed by atoms with Crippen LogP contribution >= 0.6 is 11.6 Å². The number of carbonyl (C=O) groups is 1. The summed E-state index contributed by atoms with van der Waals surface area (Å²) in [6.45, 7) is 6.51. The molecule has 0 radical (unpaired) electrons. The molecule has 0 spiro atoms. The Kier molecular flexibility index (Phi) is 5.04. The molecule has 0 N–H and O–H groups in total. The van der Waals surface area contributed by atoms with Crippen LogP contribution < -0.4 is 4.90 Å². The number of hydrogen-bond acceptors (Lipinski definition) is 5. The molecule has 1 saturated heterocycles. The molecule has 0 saturated carbocycles. The van der Waals surface area contributed by atoms with Gasteiger partial charge in [-0.25, -0.2) is 0 Å². The Bertz CT molecular complexity index is 693. The van der Waals surface area contributed by atoms with Crippen LogP contribution in [-0.2, 0) is 11.2 Å². The van der Waals surface area contributed by atoms with Gasteiger partial charge >= 0.3 is 6.01 Å². The van der Waals surface area contributed by atoms with Gasteiger partial charge in [-0.1, -0.05) is 35.8 Å². The van der Waals surface area contributed by atoms with Gasteiger partial charge in [0.2, 0.25) is 11.8 Å². The summed E-state index contributed by atoms with van der Waals surface area (Å²) in [7, 11) is 0. The number of nitrogens with zero attached hydrogens (tertiary/aromatic N) is 4. The van der Waals surface area contributed by atoms with Crippen LogP contribution in [0.25, 0.3) is 0 Å². The molecule has 1 aliphatic heterocycles. The van der Waals surface area contributed by atoms with E-state index < -0.39 is 0 Å². The van der Waals surface area contributed by atoms with Crippen molar-refractivity contribution in [3.63, 3.8) is 0 Å². The summed E-state index contributed by atoms with van der Waals surface area (Å²) < 4.78 is 5.44. The Labute approximate surface area is 146 Å². The number of hydrogen-bond donors (Lipinski definition) is 0. The molecular weight excluding hydrogens is 328 g/mol.